The van der Waals surface area contributed by atoms with Crippen molar-refractivity contribution in [2.45, 2.75) is 32.6 Å². The van der Waals surface area contributed by atoms with Gasteiger partial charge in [-0.25, -0.2) is 9.78 Å². The number of rotatable bonds is 4. The van der Waals surface area contributed by atoms with E-state index < -0.39 is 0 Å². The van der Waals surface area contributed by atoms with Crippen molar-refractivity contribution in [1.82, 2.24) is 4.98 Å². The van der Waals surface area contributed by atoms with Crippen LogP contribution in [0.2, 0.25) is 0 Å². The Labute approximate surface area is 112 Å². The lowest BCUT2D eigenvalue weighted by Gasteiger charge is -2.26. The van der Waals surface area contributed by atoms with E-state index in [-0.39, 0.29) is 5.97 Å². The van der Waals surface area contributed by atoms with Crippen LogP contribution in [0.5, 0.6) is 0 Å². The highest BCUT2D eigenvalue weighted by molar-refractivity contribution is 7.13. The van der Waals surface area contributed by atoms with Crippen LogP contribution >= 0.6 is 11.3 Å². The Morgan fingerprint density at radius 3 is 2.89 bits per heavy atom. The number of aromatic nitrogens is 1. The molecule has 1 saturated carbocycles. The topological polar surface area (TPSA) is 51.2 Å². The van der Waals surface area contributed by atoms with Gasteiger partial charge in [-0.2, -0.15) is 0 Å². The highest BCUT2D eigenvalue weighted by atomic mass is 32.1. The molecule has 1 fully saturated rings. The first-order valence-electron chi connectivity index (χ1n) is 6.46. The van der Waals surface area contributed by atoms with Gasteiger partial charge in [-0.05, 0) is 24.7 Å². The molecule has 1 N–H and O–H groups in total. The number of thiazole rings is 1. The summed E-state index contributed by atoms with van der Waals surface area (Å²) in [4.78, 5) is 15.5. The summed E-state index contributed by atoms with van der Waals surface area (Å²) in [6.07, 6.45) is 5.25. The zero-order chi connectivity index (χ0) is 13.0. The maximum atomic E-state index is 11.3. The minimum Gasteiger partial charge on any atom is -0.464 e. The molecule has 0 bridgehead atoms. The van der Waals surface area contributed by atoms with Gasteiger partial charge in [0, 0.05) is 11.9 Å². The van der Waals surface area contributed by atoms with Crippen LogP contribution in [0.1, 0.15) is 43.1 Å². The van der Waals surface area contributed by atoms with E-state index in [1.807, 2.05) is 0 Å². The smallest absolute Gasteiger partial charge is 0.357 e. The van der Waals surface area contributed by atoms with Crippen molar-refractivity contribution in [2.75, 3.05) is 19.0 Å². The first-order chi connectivity index (χ1) is 8.69. The lowest BCUT2D eigenvalue weighted by molar-refractivity contribution is 0.0595. The first-order valence-corrected chi connectivity index (χ1v) is 7.34. The Balaban J connectivity index is 1.79. The number of hydrogen-bond acceptors (Lipinski definition) is 5. The van der Waals surface area contributed by atoms with E-state index in [1.54, 1.807) is 5.38 Å². The summed E-state index contributed by atoms with van der Waals surface area (Å²) in [5.74, 6) is 1.25. The van der Waals surface area contributed by atoms with Crippen LogP contribution in [0.25, 0.3) is 0 Å². The van der Waals surface area contributed by atoms with Crippen molar-refractivity contribution in [3.63, 3.8) is 0 Å². The second-order valence-electron chi connectivity index (χ2n) is 5.04. The summed E-state index contributed by atoms with van der Waals surface area (Å²) in [5, 5.41) is 5.88. The molecule has 0 aromatic carbocycles. The summed E-state index contributed by atoms with van der Waals surface area (Å²) < 4.78 is 4.63. The molecule has 1 aromatic heterocycles. The fraction of sp³-hybridized carbons (Fsp3) is 0.692. The maximum Gasteiger partial charge on any atom is 0.357 e. The third-order valence-electron chi connectivity index (χ3n) is 3.58. The number of methoxy groups -OCH3 is 1. The SMILES string of the molecule is COC(=O)c1csc(NCC2CCC(C)CC2)n1. The Bertz CT molecular complexity index is 397. The number of carbonyl (C=O) groups is 1. The molecule has 5 heteroatoms. The molecule has 0 unspecified atom stereocenters. The molecule has 0 atom stereocenters. The van der Waals surface area contributed by atoms with Gasteiger partial charge < -0.3 is 10.1 Å². The molecule has 0 amide bonds. The summed E-state index contributed by atoms with van der Waals surface area (Å²) in [6, 6.07) is 0. The van der Waals surface area contributed by atoms with E-state index in [0.717, 1.165) is 23.5 Å². The third kappa shape index (κ3) is 3.45. The number of anilines is 1. The third-order valence-corrected chi connectivity index (χ3v) is 4.38. The highest BCUT2D eigenvalue weighted by Crippen LogP contribution is 2.28. The van der Waals surface area contributed by atoms with Crippen LogP contribution in [0.3, 0.4) is 0 Å². The van der Waals surface area contributed by atoms with Crippen molar-refractivity contribution in [3.05, 3.63) is 11.1 Å². The van der Waals surface area contributed by atoms with E-state index in [9.17, 15) is 4.79 Å². The monoisotopic (exact) mass is 268 g/mol. The summed E-state index contributed by atoms with van der Waals surface area (Å²) >= 11 is 1.46. The van der Waals surface area contributed by atoms with Crippen LogP contribution < -0.4 is 5.32 Å². The number of ether oxygens (including phenoxy) is 1. The molecule has 0 spiro atoms. The number of carbonyl (C=O) groups excluding carboxylic acids is 1. The van der Waals surface area contributed by atoms with Crippen molar-refractivity contribution in [2.24, 2.45) is 11.8 Å². The second kappa shape index (κ2) is 6.18. The second-order valence-corrected chi connectivity index (χ2v) is 5.89. The molecular weight excluding hydrogens is 248 g/mol. The van der Waals surface area contributed by atoms with Crippen molar-refractivity contribution in [3.8, 4) is 0 Å². The van der Waals surface area contributed by atoms with Gasteiger partial charge in [0.15, 0.2) is 10.8 Å². The van der Waals surface area contributed by atoms with Gasteiger partial charge in [-0.3, -0.25) is 0 Å². The normalized spacial score (nSPS) is 23.7. The van der Waals surface area contributed by atoms with Gasteiger partial charge in [0.2, 0.25) is 0 Å². The molecule has 18 heavy (non-hydrogen) atoms. The molecule has 4 nitrogen and oxygen atoms in total. The predicted molar refractivity (Wildman–Crippen MR) is 73.1 cm³/mol. The quantitative estimate of drug-likeness (QED) is 0.852. The summed E-state index contributed by atoms with van der Waals surface area (Å²) in [5.41, 5.74) is 0.391. The largest absolute Gasteiger partial charge is 0.464 e. The Morgan fingerprint density at radius 1 is 1.50 bits per heavy atom. The summed E-state index contributed by atoms with van der Waals surface area (Å²) in [7, 11) is 1.37. The molecule has 0 radical (unpaired) electrons. The van der Waals surface area contributed by atoms with Gasteiger partial charge >= 0.3 is 5.97 Å². The van der Waals surface area contributed by atoms with Gasteiger partial charge in [0.1, 0.15) is 0 Å². The Kier molecular flexibility index (Phi) is 4.58. The zero-order valence-corrected chi connectivity index (χ0v) is 11.8. The van der Waals surface area contributed by atoms with E-state index in [0.29, 0.717) is 5.69 Å². The fourth-order valence-electron chi connectivity index (χ4n) is 2.32. The first kappa shape index (κ1) is 13.3. The molecule has 100 valence electrons. The lowest BCUT2D eigenvalue weighted by Crippen LogP contribution is -2.20. The minimum atomic E-state index is -0.370. The molecule has 1 heterocycles. The predicted octanol–water partition coefficient (Wildman–Crippen LogP) is 3.17. The highest BCUT2D eigenvalue weighted by Gasteiger charge is 2.18. The standard InChI is InChI=1S/C13H20N2O2S/c1-9-3-5-10(6-4-9)7-14-13-15-11(8-18-13)12(16)17-2/h8-10H,3-7H2,1-2H3,(H,14,15). The molecule has 0 saturated heterocycles. The van der Waals surface area contributed by atoms with Gasteiger partial charge in [-0.1, -0.05) is 19.8 Å². The molecule has 1 aliphatic rings. The Hall–Kier alpha value is -1.10. The number of nitrogens with zero attached hydrogens (tertiary/aromatic N) is 1. The number of hydrogen-bond donors (Lipinski definition) is 1. The van der Waals surface area contributed by atoms with E-state index >= 15 is 0 Å². The van der Waals surface area contributed by atoms with Gasteiger partial charge in [-0.15, -0.1) is 11.3 Å². The molecule has 0 aliphatic heterocycles. The average Bonchev–Trinajstić information content (AvgIpc) is 2.86. The number of esters is 1. The van der Waals surface area contributed by atoms with Crippen LogP contribution in [-0.4, -0.2) is 24.6 Å². The molecule has 1 aliphatic carbocycles. The van der Waals surface area contributed by atoms with Gasteiger partial charge in [0.25, 0.3) is 0 Å². The van der Waals surface area contributed by atoms with Crippen molar-refractivity contribution < 1.29 is 9.53 Å². The Morgan fingerprint density at radius 2 is 2.22 bits per heavy atom. The van der Waals surface area contributed by atoms with Crippen molar-refractivity contribution >= 4 is 22.4 Å². The minimum absolute atomic E-state index is 0.370. The van der Waals surface area contributed by atoms with E-state index in [1.165, 1.54) is 44.1 Å². The fourth-order valence-corrected chi connectivity index (χ4v) is 3.01. The van der Waals surface area contributed by atoms with E-state index in [2.05, 4.69) is 22.0 Å². The lowest BCUT2D eigenvalue weighted by atomic mass is 9.83. The summed E-state index contributed by atoms with van der Waals surface area (Å²) in [6.45, 7) is 3.29. The van der Waals surface area contributed by atoms with E-state index in [4.69, 9.17) is 0 Å². The zero-order valence-electron chi connectivity index (χ0n) is 10.9. The molecular formula is C13H20N2O2S. The average molecular weight is 268 g/mol. The van der Waals surface area contributed by atoms with Gasteiger partial charge in [0.05, 0.1) is 7.11 Å². The van der Waals surface area contributed by atoms with Crippen LogP contribution in [0.15, 0.2) is 5.38 Å². The van der Waals surface area contributed by atoms with Crippen molar-refractivity contribution in [1.29, 1.82) is 0 Å². The molecule has 1 aromatic rings. The van der Waals surface area contributed by atoms with Crippen LogP contribution in [0, 0.1) is 11.8 Å². The van der Waals surface area contributed by atoms with Crippen LogP contribution in [0.4, 0.5) is 5.13 Å². The number of nitrogens with one attached hydrogen (secondary N) is 1. The van der Waals surface area contributed by atoms with Crippen LogP contribution in [-0.2, 0) is 4.74 Å². The maximum absolute atomic E-state index is 11.3. The molecule has 2 rings (SSSR count).